The standard InChI is InChI=1S/C16H14ClNO2S/c17-13-6-5-10(7-14(13)18)16(19)20-8-11-9-21-15-4-2-1-3-12(11)15/h1-7,11H,8-9,18H2. The molecule has 3 nitrogen and oxygen atoms in total. The predicted molar refractivity (Wildman–Crippen MR) is 86.1 cm³/mol. The molecule has 21 heavy (non-hydrogen) atoms. The second-order valence-electron chi connectivity index (χ2n) is 4.88. The zero-order valence-electron chi connectivity index (χ0n) is 11.2. The van der Waals surface area contributed by atoms with Gasteiger partial charge in [0.1, 0.15) is 0 Å². The summed E-state index contributed by atoms with van der Waals surface area (Å²) in [5, 5.41) is 0.438. The smallest absolute Gasteiger partial charge is 0.338 e. The third-order valence-corrected chi connectivity index (χ3v) is 5.04. The summed E-state index contributed by atoms with van der Waals surface area (Å²) in [5.41, 5.74) is 7.76. The van der Waals surface area contributed by atoms with Crippen LogP contribution in [0.15, 0.2) is 47.4 Å². The monoisotopic (exact) mass is 319 g/mol. The highest BCUT2D eigenvalue weighted by Crippen LogP contribution is 2.39. The first-order valence-electron chi connectivity index (χ1n) is 6.59. The molecule has 0 bridgehead atoms. The number of carbonyl (C=O) groups excluding carboxylic acids is 1. The Kier molecular flexibility index (Phi) is 4.08. The van der Waals surface area contributed by atoms with Gasteiger partial charge in [0.15, 0.2) is 0 Å². The second kappa shape index (κ2) is 6.00. The summed E-state index contributed by atoms with van der Waals surface area (Å²) >= 11 is 7.64. The Bertz CT molecular complexity index is 690. The Morgan fingerprint density at radius 1 is 1.33 bits per heavy atom. The molecule has 0 radical (unpaired) electrons. The van der Waals surface area contributed by atoms with Crippen LogP contribution in [0, 0.1) is 0 Å². The maximum Gasteiger partial charge on any atom is 0.338 e. The van der Waals surface area contributed by atoms with Gasteiger partial charge in [0, 0.05) is 16.6 Å². The largest absolute Gasteiger partial charge is 0.461 e. The van der Waals surface area contributed by atoms with E-state index in [1.807, 2.05) is 12.1 Å². The van der Waals surface area contributed by atoms with Crippen molar-refractivity contribution in [1.29, 1.82) is 0 Å². The molecule has 1 atom stereocenters. The van der Waals surface area contributed by atoms with Gasteiger partial charge in [0.05, 0.1) is 22.9 Å². The molecule has 0 amide bonds. The number of nitrogens with two attached hydrogens (primary N) is 1. The van der Waals surface area contributed by atoms with Gasteiger partial charge in [-0.1, -0.05) is 29.8 Å². The number of anilines is 1. The van der Waals surface area contributed by atoms with Crippen molar-refractivity contribution < 1.29 is 9.53 Å². The average molecular weight is 320 g/mol. The van der Waals surface area contributed by atoms with Crippen molar-refractivity contribution in [2.45, 2.75) is 10.8 Å². The third-order valence-electron chi connectivity index (χ3n) is 3.45. The third kappa shape index (κ3) is 3.01. The lowest BCUT2D eigenvalue weighted by Crippen LogP contribution is -2.13. The highest BCUT2D eigenvalue weighted by Gasteiger charge is 2.24. The number of nitrogen functional groups attached to an aromatic ring is 1. The first kappa shape index (κ1) is 14.3. The van der Waals surface area contributed by atoms with Gasteiger partial charge in [-0.15, -0.1) is 11.8 Å². The van der Waals surface area contributed by atoms with Crippen LogP contribution in [0.25, 0.3) is 0 Å². The van der Waals surface area contributed by atoms with Crippen LogP contribution in [-0.2, 0) is 4.74 Å². The topological polar surface area (TPSA) is 52.3 Å². The molecule has 0 saturated carbocycles. The maximum atomic E-state index is 12.0. The fraction of sp³-hybridized carbons (Fsp3) is 0.188. The molecule has 1 aliphatic rings. The van der Waals surface area contributed by atoms with Crippen LogP contribution >= 0.6 is 23.4 Å². The number of carbonyl (C=O) groups is 1. The highest BCUT2D eigenvalue weighted by atomic mass is 35.5. The number of fused-ring (bicyclic) bond motifs is 1. The van der Waals surface area contributed by atoms with Crippen LogP contribution in [0.4, 0.5) is 5.69 Å². The lowest BCUT2D eigenvalue weighted by Gasteiger charge is -2.12. The summed E-state index contributed by atoms with van der Waals surface area (Å²) in [5.74, 6) is 0.822. The zero-order valence-corrected chi connectivity index (χ0v) is 12.8. The Morgan fingerprint density at radius 3 is 2.95 bits per heavy atom. The van der Waals surface area contributed by atoms with Crippen molar-refractivity contribution in [3.05, 3.63) is 58.6 Å². The molecule has 2 aromatic rings. The van der Waals surface area contributed by atoms with Crippen LogP contribution in [-0.4, -0.2) is 18.3 Å². The van der Waals surface area contributed by atoms with Crippen LogP contribution < -0.4 is 5.73 Å². The van der Waals surface area contributed by atoms with Crippen molar-refractivity contribution in [1.82, 2.24) is 0 Å². The van der Waals surface area contributed by atoms with Gasteiger partial charge in [-0.2, -0.15) is 0 Å². The number of hydrogen-bond donors (Lipinski definition) is 1. The Labute approximate surface area is 132 Å². The van der Waals surface area contributed by atoms with Crippen LogP contribution in [0.2, 0.25) is 5.02 Å². The molecule has 0 aliphatic carbocycles. The van der Waals surface area contributed by atoms with Gasteiger partial charge in [-0.05, 0) is 29.8 Å². The van der Waals surface area contributed by atoms with E-state index in [0.29, 0.717) is 22.9 Å². The number of hydrogen-bond acceptors (Lipinski definition) is 4. The SMILES string of the molecule is Nc1cc(C(=O)OCC2CSc3ccccc32)ccc1Cl. The molecule has 2 aromatic carbocycles. The van der Waals surface area contributed by atoms with E-state index in [0.717, 1.165) is 5.75 Å². The molecular formula is C16H14ClNO2S. The molecule has 3 rings (SSSR count). The Balaban J connectivity index is 1.66. The fourth-order valence-electron chi connectivity index (χ4n) is 2.30. The predicted octanol–water partition coefficient (Wildman–Crippen LogP) is 3.97. The molecule has 1 unspecified atom stereocenters. The number of thioether (sulfide) groups is 1. The number of benzene rings is 2. The number of ether oxygens (including phenoxy) is 1. The summed E-state index contributed by atoms with van der Waals surface area (Å²) in [6.45, 7) is 0.380. The number of esters is 1. The van der Waals surface area contributed by atoms with E-state index in [4.69, 9.17) is 22.1 Å². The van der Waals surface area contributed by atoms with Crippen molar-refractivity contribution in [3.8, 4) is 0 Å². The van der Waals surface area contributed by atoms with Gasteiger partial charge in [-0.25, -0.2) is 4.79 Å². The first-order valence-corrected chi connectivity index (χ1v) is 7.95. The van der Waals surface area contributed by atoms with Gasteiger partial charge in [-0.3, -0.25) is 0 Å². The first-order chi connectivity index (χ1) is 10.1. The van der Waals surface area contributed by atoms with E-state index in [-0.39, 0.29) is 11.9 Å². The van der Waals surface area contributed by atoms with Gasteiger partial charge < -0.3 is 10.5 Å². The van der Waals surface area contributed by atoms with Crippen molar-refractivity contribution >= 4 is 35.0 Å². The molecule has 108 valence electrons. The van der Waals surface area contributed by atoms with Crippen molar-refractivity contribution in [2.75, 3.05) is 18.1 Å². The zero-order chi connectivity index (χ0) is 14.8. The van der Waals surface area contributed by atoms with E-state index in [1.165, 1.54) is 10.5 Å². The lowest BCUT2D eigenvalue weighted by atomic mass is 10.0. The molecule has 0 fully saturated rings. The van der Waals surface area contributed by atoms with E-state index >= 15 is 0 Å². The molecule has 0 saturated heterocycles. The van der Waals surface area contributed by atoms with E-state index in [2.05, 4.69) is 12.1 Å². The Morgan fingerprint density at radius 2 is 2.14 bits per heavy atom. The molecule has 0 aromatic heterocycles. The van der Waals surface area contributed by atoms with E-state index in [1.54, 1.807) is 30.0 Å². The molecule has 2 N–H and O–H groups in total. The minimum atomic E-state index is -0.368. The van der Waals surface area contributed by atoms with Crippen LogP contribution in [0.5, 0.6) is 0 Å². The quantitative estimate of drug-likeness (QED) is 0.687. The second-order valence-corrected chi connectivity index (χ2v) is 6.35. The molecule has 1 heterocycles. The molecular weight excluding hydrogens is 306 g/mol. The summed E-state index contributed by atoms with van der Waals surface area (Å²) in [6, 6.07) is 13.0. The van der Waals surface area contributed by atoms with Gasteiger partial charge >= 0.3 is 5.97 Å². The van der Waals surface area contributed by atoms with Crippen LogP contribution in [0.1, 0.15) is 21.8 Å². The summed E-state index contributed by atoms with van der Waals surface area (Å²) in [6.07, 6.45) is 0. The number of halogens is 1. The summed E-state index contributed by atoms with van der Waals surface area (Å²) in [4.78, 5) is 13.3. The molecule has 1 aliphatic heterocycles. The fourth-order valence-corrected chi connectivity index (χ4v) is 3.65. The normalized spacial score (nSPS) is 16.5. The Hall–Kier alpha value is -1.65. The lowest BCUT2D eigenvalue weighted by molar-refractivity contribution is 0.0487. The summed E-state index contributed by atoms with van der Waals surface area (Å²) in [7, 11) is 0. The van der Waals surface area contributed by atoms with E-state index < -0.39 is 0 Å². The molecule has 5 heteroatoms. The van der Waals surface area contributed by atoms with E-state index in [9.17, 15) is 4.79 Å². The summed E-state index contributed by atoms with van der Waals surface area (Å²) < 4.78 is 5.41. The number of rotatable bonds is 3. The van der Waals surface area contributed by atoms with Crippen molar-refractivity contribution in [2.24, 2.45) is 0 Å². The van der Waals surface area contributed by atoms with Crippen molar-refractivity contribution in [3.63, 3.8) is 0 Å². The average Bonchev–Trinajstić information content (AvgIpc) is 2.91. The maximum absolute atomic E-state index is 12.0. The van der Waals surface area contributed by atoms with Gasteiger partial charge in [0.2, 0.25) is 0 Å². The highest BCUT2D eigenvalue weighted by molar-refractivity contribution is 7.99. The minimum absolute atomic E-state index is 0.250. The molecule has 0 spiro atoms. The van der Waals surface area contributed by atoms with Crippen LogP contribution in [0.3, 0.4) is 0 Å². The van der Waals surface area contributed by atoms with Gasteiger partial charge in [0.25, 0.3) is 0 Å². The minimum Gasteiger partial charge on any atom is -0.461 e.